The van der Waals surface area contributed by atoms with Crippen LogP contribution in [-0.2, 0) is 12.8 Å². The van der Waals surface area contributed by atoms with Gasteiger partial charge >= 0.3 is 5.63 Å². The Bertz CT molecular complexity index is 1030. The molecule has 1 aromatic carbocycles. The fraction of sp³-hybridized carbons (Fsp3) is 0.577. The molecule has 0 unspecified atom stereocenters. The van der Waals surface area contributed by atoms with Crippen LogP contribution in [0.1, 0.15) is 66.0 Å². The van der Waals surface area contributed by atoms with Crippen molar-refractivity contribution in [3.05, 3.63) is 40.3 Å². The van der Waals surface area contributed by atoms with Crippen LogP contribution in [0.5, 0.6) is 17.2 Å². The molecule has 2 aromatic rings. The van der Waals surface area contributed by atoms with Crippen molar-refractivity contribution >= 4 is 19.3 Å². The first-order valence-electron chi connectivity index (χ1n) is 11.6. The lowest BCUT2D eigenvalue weighted by Gasteiger charge is -2.36. The number of hydrogen-bond acceptors (Lipinski definition) is 5. The molecule has 178 valence electrons. The van der Waals surface area contributed by atoms with Crippen molar-refractivity contribution in [2.24, 2.45) is 5.92 Å². The van der Waals surface area contributed by atoms with E-state index in [0.29, 0.717) is 24.2 Å². The molecule has 0 bridgehead atoms. The standard InChI is InChI=1S/C26H40O5Si/c1-11-13-18-19(14-17(5)12-2)25(28)30-24-22(18)21(29-16(3)4)15-20(27)23(24)31-32(9,10)26(6,7)8/h12,15-17,27H,2,11,13-14H2,1,3-10H3/t17-/m0/s1. The fourth-order valence-corrected chi connectivity index (χ4v) is 4.42. The lowest BCUT2D eigenvalue weighted by molar-refractivity contribution is 0.244. The van der Waals surface area contributed by atoms with Gasteiger partial charge in [-0.3, -0.25) is 0 Å². The first-order valence-corrected chi connectivity index (χ1v) is 14.5. The van der Waals surface area contributed by atoms with Crippen LogP contribution in [0, 0.1) is 5.92 Å². The summed E-state index contributed by atoms with van der Waals surface area (Å²) < 4.78 is 18.5. The molecule has 0 aliphatic rings. The number of fused-ring (bicyclic) bond motifs is 1. The molecule has 0 aliphatic heterocycles. The van der Waals surface area contributed by atoms with Crippen molar-refractivity contribution in [2.75, 3.05) is 0 Å². The number of aromatic hydroxyl groups is 1. The molecule has 6 heteroatoms. The van der Waals surface area contributed by atoms with Gasteiger partial charge < -0.3 is 18.7 Å². The molecule has 0 saturated heterocycles. The Morgan fingerprint density at radius 2 is 1.84 bits per heavy atom. The maximum Gasteiger partial charge on any atom is 0.339 e. The van der Waals surface area contributed by atoms with Gasteiger partial charge in [0.2, 0.25) is 0 Å². The maximum absolute atomic E-state index is 13.2. The lowest BCUT2D eigenvalue weighted by Crippen LogP contribution is -2.44. The van der Waals surface area contributed by atoms with E-state index in [2.05, 4.69) is 47.4 Å². The molecule has 0 amide bonds. The number of benzene rings is 1. The van der Waals surface area contributed by atoms with Crippen LogP contribution in [0.2, 0.25) is 18.1 Å². The summed E-state index contributed by atoms with van der Waals surface area (Å²) in [4.78, 5) is 13.2. The maximum atomic E-state index is 13.2. The summed E-state index contributed by atoms with van der Waals surface area (Å²) in [5.74, 6) is 0.798. The molecule has 0 radical (unpaired) electrons. The van der Waals surface area contributed by atoms with E-state index in [-0.39, 0.29) is 34.1 Å². The van der Waals surface area contributed by atoms with Crippen LogP contribution < -0.4 is 14.8 Å². The lowest BCUT2D eigenvalue weighted by atomic mass is 9.93. The third-order valence-corrected chi connectivity index (χ3v) is 10.6. The van der Waals surface area contributed by atoms with E-state index in [9.17, 15) is 9.90 Å². The van der Waals surface area contributed by atoms with Gasteiger partial charge in [-0.1, -0.05) is 47.1 Å². The minimum Gasteiger partial charge on any atom is -0.538 e. The molecule has 1 heterocycles. The minimum absolute atomic E-state index is 0.0733. The third-order valence-electron chi connectivity index (χ3n) is 6.24. The summed E-state index contributed by atoms with van der Waals surface area (Å²) in [5, 5.41) is 11.6. The smallest absolute Gasteiger partial charge is 0.339 e. The Morgan fingerprint density at radius 3 is 2.34 bits per heavy atom. The third kappa shape index (κ3) is 5.40. The van der Waals surface area contributed by atoms with E-state index in [1.165, 1.54) is 0 Å². The summed E-state index contributed by atoms with van der Waals surface area (Å²) in [6, 6.07) is 1.60. The minimum atomic E-state index is -2.32. The molecule has 0 spiro atoms. The summed E-state index contributed by atoms with van der Waals surface area (Å²) in [6.45, 7) is 22.4. The van der Waals surface area contributed by atoms with Gasteiger partial charge in [0.15, 0.2) is 17.1 Å². The van der Waals surface area contributed by atoms with Gasteiger partial charge in [-0.15, -0.1) is 6.58 Å². The van der Waals surface area contributed by atoms with Crippen molar-refractivity contribution in [2.45, 2.75) is 92.0 Å². The molecule has 0 aliphatic carbocycles. The molecule has 1 N–H and O–H groups in total. The number of aryl methyl sites for hydroxylation is 1. The number of ether oxygens (including phenoxy) is 1. The second-order valence-electron chi connectivity index (χ2n) is 10.5. The molecule has 0 fully saturated rings. The normalized spacial score (nSPS) is 13.4. The first-order chi connectivity index (χ1) is 14.7. The Labute approximate surface area is 193 Å². The van der Waals surface area contributed by atoms with Crippen LogP contribution in [0.15, 0.2) is 27.9 Å². The summed E-state index contributed by atoms with van der Waals surface area (Å²) in [5.41, 5.74) is 1.43. The number of phenols is 1. The molecular formula is C26H40O5Si. The zero-order chi connectivity index (χ0) is 24.4. The zero-order valence-electron chi connectivity index (χ0n) is 21.2. The number of rotatable bonds is 9. The Kier molecular flexibility index (Phi) is 7.92. The number of hydrogen-bond donors (Lipinski definition) is 1. The average molecular weight is 461 g/mol. The Morgan fingerprint density at radius 1 is 1.22 bits per heavy atom. The highest BCUT2D eigenvalue weighted by Gasteiger charge is 2.40. The highest BCUT2D eigenvalue weighted by atomic mass is 28.4. The van der Waals surface area contributed by atoms with Crippen molar-refractivity contribution in [3.8, 4) is 17.2 Å². The van der Waals surface area contributed by atoms with Crippen molar-refractivity contribution in [3.63, 3.8) is 0 Å². The Hall–Kier alpha value is -2.21. The first kappa shape index (κ1) is 26.0. The average Bonchev–Trinajstić information content (AvgIpc) is 2.65. The molecule has 1 atom stereocenters. The highest BCUT2D eigenvalue weighted by molar-refractivity contribution is 6.74. The quantitative estimate of drug-likeness (QED) is 0.248. The summed E-state index contributed by atoms with van der Waals surface area (Å²) in [6.07, 6.45) is 3.82. The van der Waals surface area contributed by atoms with Crippen LogP contribution in [0.3, 0.4) is 0 Å². The van der Waals surface area contributed by atoms with Gasteiger partial charge in [0.25, 0.3) is 8.32 Å². The van der Waals surface area contributed by atoms with E-state index in [1.807, 2.05) is 26.8 Å². The number of allylic oxidation sites excluding steroid dienone is 1. The second kappa shape index (κ2) is 9.73. The van der Waals surface area contributed by atoms with E-state index in [1.54, 1.807) is 6.07 Å². The molecule has 5 nitrogen and oxygen atoms in total. The largest absolute Gasteiger partial charge is 0.538 e. The van der Waals surface area contributed by atoms with E-state index in [4.69, 9.17) is 13.6 Å². The van der Waals surface area contributed by atoms with E-state index >= 15 is 0 Å². The summed E-state index contributed by atoms with van der Waals surface area (Å²) >= 11 is 0. The molecule has 1 aromatic heterocycles. The van der Waals surface area contributed by atoms with Gasteiger partial charge in [0.1, 0.15) is 5.75 Å². The van der Waals surface area contributed by atoms with Gasteiger partial charge in [0, 0.05) is 11.6 Å². The molecule has 32 heavy (non-hydrogen) atoms. The molecule has 0 saturated carbocycles. The van der Waals surface area contributed by atoms with Gasteiger partial charge in [-0.2, -0.15) is 0 Å². The van der Waals surface area contributed by atoms with Gasteiger partial charge in [-0.25, -0.2) is 4.79 Å². The van der Waals surface area contributed by atoms with Gasteiger partial charge in [-0.05, 0) is 56.3 Å². The van der Waals surface area contributed by atoms with E-state index < -0.39 is 13.9 Å². The molecular weight excluding hydrogens is 420 g/mol. The fourth-order valence-electron chi connectivity index (χ4n) is 3.41. The number of phenolic OH excluding ortho intramolecular Hbond substituents is 1. The monoisotopic (exact) mass is 460 g/mol. The van der Waals surface area contributed by atoms with E-state index in [0.717, 1.165) is 17.4 Å². The van der Waals surface area contributed by atoms with Crippen LogP contribution in [-0.4, -0.2) is 19.5 Å². The van der Waals surface area contributed by atoms with Crippen LogP contribution in [0.25, 0.3) is 11.0 Å². The van der Waals surface area contributed by atoms with Gasteiger partial charge in [0.05, 0.1) is 11.5 Å². The van der Waals surface area contributed by atoms with Crippen molar-refractivity contribution in [1.82, 2.24) is 0 Å². The van der Waals surface area contributed by atoms with Crippen LogP contribution >= 0.6 is 0 Å². The van der Waals surface area contributed by atoms with Crippen molar-refractivity contribution < 1.29 is 18.7 Å². The van der Waals surface area contributed by atoms with Crippen molar-refractivity contribution in [1.29, 1.82) is 0 Å². The van der Waals surface area contributed by atoms with Crippen LogP contribution in [0.4, 0.5) is 0 Å². The SMILES string of the molecule is C=C[C@H](C)Cc1c(CCC)c2c(OC(C)C)cc(O)c(O[Si](C)(C)C(C)(C)C)c2oc1=O. The summed E-state index contributed by atoms with van der Waals surface area (Å²) in [7, 11) is -2.32. The highest BCUT2D eigenvalue weighted by Crippen LogP contribution is 2.47. The zero-order valence-corrected chi connectivity index (χ0v) is 22.2. The second-order valence-corrected chi connectivity index (χ2v) is 15.2. The molecule has 2 rings (SSSR count). The topological polar surface area (TPSA) is 68.9 Å². The predicted octanol–water partition coefficient (Wildman–Crippen LogP) is 6.99. The Balaban J connectivity index is 2.96. The predicted molar refractivity (Wildman–Crippen MR) is 135 cm³/mol.